The van der Waals surface area contributed by atoms with Crippen LogP contribution in [-0.4, -0.2) is 32.8 Å². The molecule has 0 saturated carbocycles. The summed E-state index contributed by atoms with van der Waals surface area (Å²) in [5.41, 5.74) is 0.665. The van der Waals surface area contributed by atoms with Gasteiger partial charge in [0, 0.05) is 5.54 Å². The maximum absolute atomic E-state index is 11.4. The molecule has 0 aliphatic rings. The fourth-order valence-electron chi connectivity index (χ4n) is 1.09. The number of urea groups is 1. The van der Waals surface area contributed by atoms with Gasteiger partial charge in [0.1, 0.15) is 5.51 Å². The predicted molar refractivity (Wildman–Crippen MR) is 58.4 cm³/mol. The van der Waals surface area contributed by atoms with E-state index in [9.17, 15) is 9.59 Å². The highest BCUT2D eigenvalue weighted by Crippen LogP contribution is 2.11. The standard InChI is InChI=1S/C8H12N4O3S/c1-8(2,3-5(13)14)11-6(15)10-7-12-9-4-16-7/h4H,3H2,1-2H3,(H,13,14)(H2,10,11,12,15). The van der Waals surface area contributed by atoms with Crippen molar-refractivity contribution in [3.8, 4) is 0 Å². The van der Waals surface area contributed by atoms with E-state index in [2.05, 4.69) is 20.8 Å². The van der Waals surface area contributed by atoms with Crippen molar-refractivity contribution in [2.45, 2.75) is 25.8 Å². The molecule has 3 N–H and O–H groups in total. The maximum atomic E-state index is 11.4. The highest BCUT2D eigenvalue weighted by molar-refractivity contribution is 7.13. The average molecular weight is 244 g/mol. The van der Waals surface area contributed by atoms with Gasteiger partial charge >= 0.3 is 12.0 Å². The summed E-state index contributed by atoms with van der Waals surface area (Å²) >= 11 is 1.18. The minimum atomic E-state index is -0.971. The van der Waals surface area contributed by atoms with Crippen LogP contribution < -0.4 is 10.6 Å². The number of anilines is 1. The second kappa shape index (κ2) is 4.88. The number of nitrogens with zero attached hydrogens (tertiary/aromatic N) is 2. The Kier molecular flexibility index (Phi) is 3.78. The van der Waals surface area contributed by atoms with Gasteiger partial charge in [0.25, 0.3) is 0 Å². The summed E-state index contributed by atoms with van der Waals surface area (Å²) < 4.78 is 0. The Morgan fingerprint density at radius 2 is 2.25 bits per heavy atom. The molecule has 2 amide bonds. The number of aliphatic carboxylic acids is 1. The number of carbonyl (C=O) groups is 2. The number of carboxylic acid groups (broad SMARTS) is 1. The molecule has 7 nitrogen and oxygen atoms in total. The summed E-state index contributed by atoms with van der Waals surface area (Å²) in [5.74, 6) is -0.971. The van der Waals surface area contributed by atoms with Crippen molar-refractivity contribution < 1.29 is 14.7 Å². The van der Waals surface area contributed by atoms with Crippen LogP contribution >= 0.6 is 11.3 Å². The highest BCUT2D eigenvalue weighted by atomic mass is 32.1. The van der Waals surface area contributed by atoms with Gasteiger partial charge in [0.2, 0.25) is 5.13 Å². The Morgan fingerprint density at radius 3 is 2.75 bits per heavy atom. The van der Waals surface area contributed by atoms with Crippen LogP contribution in [-0.2, 0) is 4.79 Å². The summed E-state index contributed by atoms with van der Waals surface area (Å²) in [4.78, 5) is 22.0. The first-order chi connectivity index (χ1) is 7.39. The molecular formula is C8H12N4O3S. The molecule has 1 aromatic heterocycles. The summed E-state index contributed by atoms with van der Waals surface area (Å²) in [6.45, 7) is 3.25. The zero-order valence-electron chi connectivity index (χ0n) is 8.85. The summed E-state index contributed by atoms with van der Waals surface area (Å²) in [6.07, 6.45) is -0.156. The Balaban J connectivity index is 2.47. The van der Waals surface area contributed by atoms with Crippen LogP contribution in [0.2, 0.25) is 0 Å². The van der Waals surface area contributed by atoms with Gasteiger partial charge in [0.15, 0.2) is 0 Å². The molecule has 1 heterocycles. The molecule has 0 spiro atoms. The number of aromatic nitrogens is 2. The third-order valence-corrected chi connectivity index (χ3v) is 2.23. The molecule has 88 valence electrons. The second-order valence-electron chi connectivity index (χ2n) is 3.78. The number of hydrogen-bond acceptors (Lipinski definition) is 5. The third kappa shape index (κ3) is 4.22. The van der Waals surface area contributed by atoms with Crippen molar-refractivity contribution in [2.75, 3.05) is 5.32 Å². The van der Waals surface area contributed by atoms with Crippen LogP contribution in [0.4, 0.5) is 9.93 Å². The van der Waals surface area contributed by atoms with Gasteiger partial charge in [-0.25, -0.2) is 4.79 Å². The number of carbonyl (C=O) groups excluding carboxylic acids is 1. The maximum Gasteiger partial charge on any atom is 0.321 e. The lowest BCUT2D eigenvalue weighted by atomic mass is 10.0. The molecular weight excluding hydrogens is 232 g/mol. The molecule has 0 radical (unpaired) electrons. The quantitative estimate of drug-likeness (QED) is 0.730. The molecule has 0 bridgehead atoms. The lowest BCUT2D eigenvalue weighted by molar-refractivity contribution is -0.138. The molecule has 8 heteroatoms. The third-order valence-electron chi connectivity index (χ3n) is 1.63. The summed E-state index contributed by atoms with van der Waals surface area (Å²) in [5, 5.41) is 21.2. The van der Waals surface area contributed by atoms with E-state index in [0.29, 0.717) is 5.13 Å². The smallest absolute Gasteiger partial charge is 0.321 e. The molecule has 0 unspecified atom stereocenters. The summed E-state index contributed by atoms with van der Waals surface area (Å²) in [6, 6.07) is -0.497. The lowest BCUT2D eigenvalue weighted by Crippen LogP contribution is -2.46. The van der Waals surface area contributed by atoms with Gasteiger partial charge in [-0.05, 0) is 13.8 Å². The van der Waals surface area contributed by atoms with Crippen LogP contribution in [0.25, 0.3) is 0 Å². The second-order valence-corrected chi connectivity index (χ2v) is 4.61. The molecule has 1 aromatic rings. The van der Waals surface area contributed by atoms with Crippen LogP contribution in [0, 0.1) is 0 Å². The van der Waals surface area contributed by atoms with Crippen molar-refractivity contribution >= 4 is 28.5 Å². The number of amides is 2. The first-order valence-corrected chi connectivity index (χ1v) is 5.34. The molecule has 0 aliphatic carbocycles. The van der Waals surface area contributed by atoms with Gasteiger partial charge in [0.05, 0.1) is 6.42 Å². The first kappa shape index (κ1) is 12.4. The number of carboxylic acids is 1. The SMILES string of the molecule is CC(C)(CC(=O)O)NC(=O)Nc1nncs1. The van der Waals surface area contributed by atoms with Gasteiger partial charge in [-0.1, -0.05) is 11.3 Å². The molecule has 1 rings (SSSR count). The number of rotatable bonds is 4. The van der Waals surface area contributed by atoms with E-state index in [1.807, 2.05) is 0 Å². The highest BCUT2D eigenvalue weighted by Gasteiger charge is 2.24. The molecule has 16 heavy (non-hydrogen) atoms. The van der Waals surface area contributed by atoms with Crippen molar-refractivity contribution in [3.05, 3.63) is 5.51 Å². The van der Waals surface area contributed by atoms with E-state index >= 15 is 0 Å². The van der Waals surface area contributed by atoms with Crippen molar-refractivity contribution in [2.24, 2.45) is 0 Å². The number of hydrogen-bond donors (Lipinski definition) is 3. The predicted octanol–water partition coefficient (Wildman–Crippen LogP) is 0.913. The van der Waals surface area contributed by atoms with Crippen molar-refractivity contribution in [3.63, 3.8) is 0 Å². The van der Waals surface area contributed by atoms with E-state index in [4.69, 9.17) is 5.11 Å². The fourth-order valence-corrected chi connectivity index (χ4v) is 1.53. The average Bonchev–Trinajstić information content (AvgIpc) is 2.51. The molecule has 0 saturated heterocycles. The lowest BCUT2D eigenvalue weighted by Gasteiger charge is -2.23. The van der Waals surface area contributed by atoms with Gasteiger partial charge in [-0.2, -0.15) is 0 Å². The zero-order valence-corrected chi connectivity index (χ0v) is 9.67. The minimum Gasteiger partial charge on any atom is -0.481 e. The van der Waals surface area contributed by atoms with Crippen LogP contribution in [0.1, 0.15) is 20.3 Å². The van der Waals surface area contributed by atoms with E-state index in [-0.39, 0.29) is 6.42 Å². The van der Waals surface area contributed by atoms with E-state index in [1.54, 1.807) is 13.8 Å². The molecule has 0 atom stereocenters. The Hall–Kier alpha value is -1.70. The summed E-state index contributed by atoms with van der Waals surface area (Å²) in [7, 11) is 0. The van der Waals surface area contributed by atoms with Crippen LogP contribution in [0.5, 0.6) is 0 Å². The Bertz CT molecular complexity index is 377. The molecule has 0 aliphatic heterocycles. The molecule has 0 fully saturated rings. The Labute approximate surface area is 95.9 Å². The first-order valence-electron chi connectivity index (χ1n) is 4.46. The normalized spacial score (nSPS) is 10.9. The zero-order chi connectivity index (χ0) is 12.2. The van der Waals surface area contributed by atoms with Crippen molar-refractivity contribution in [1.82, 2.24) is 15.5 Å². The Morgan fingerprint density at radius 1 is 1.56 bits per heavy atom. The number of nitrogens with one attached hydrogen (secondary N) is 2. The van der Waals surface area contributed by atoms with Gasteiger partial charge in [-0.3, -0.25) is 10.1 Å². The van der Waals surface area contributed by atoms with Gasteiger partial charge < -0.3 is 10.4 Å². The topological polar surface area (TPSA) is 104 Å². The van der Waals surface area contributed by atoms with Crippen molar-refractivity contribution in [1.29, 1.82) is 0 Å². The monoisotopic (exact) mass is 244 g/mol. The minimum absolute atomic E-state index is 0.156. The van der Waals surface area contributed by atoms with Gasteiger partial charge in [-0.15, -0.1) is 10.2 Å². The largest absolute Gasteiger partial charge is 0.481 e. The fraction of sp³-hybridized carbons (Fsp3) is 0.500. The van der Waals surface area contributed by atoms with Crippen LogP contribution in [0.15, 0.2) is 5.51 Å². The van der Waals surface area contributed by atoms with E-state index < -0.39 is 17.5 Å². The molecule has 0 aromatic carbocycles. The van der Waals surface area contributed by atoms with E-state index in [1.165, 1.54) is 16.8 Å². The van der Waals surface area contributed by atoms with E-state index in [0.717, 1.165) is 0 Å². The van der Waals surface area contributed by atoms with Crippen LogP contribution in [0.3, 0.4) is 0 Å².